The number of hydrogen-bond donors (Lipinski definition) is 15. The zero-order chi connectivity index (χ0) is 46.9. The Kier molecular flexibility index (Phi) is 10.2. The Bertz CT molecular complexity index is 2890. The molecule has 0 radical (unpaired) electrons. The number of carbonyl (C=O) groups is 2. The molecule has 0 saturated carbocycles. The molecule has 0 amide bonds. The van der Waals surface area contributed by atoms with Crippen LogP contribution >= 0.6 is 0 Å². The van der Waals surface area contributed by atoms with Crippen LogP contribution in [-0.2, 0) is 15.9 Å². The van der Waals surface area contributed by atoms with Crippen molar-refractivity contribution in [1.29, 1.82) is 0 Å². The smallest absolute Gasteiger partial charge is 0.338 e. The van der Waals surface area contributed by atoms with Crippen LogP contribution in [0.25, 0.3) is 0 Å². The molecule has 65 heavy (non-hydrogen) atoms. The highest BCUT2D eigenvalue weighted by Gasteiger charge is 2.49. The van der Waals surface area contributed by atoms with Gasteiger partial charge in [-0.3, -0.25) is 0 Å². The number of carbonyl (C=O) groups excluding carboxylic acids is 2. The first-order chi connectivity index (χ1) is 30.7. The average molecular weight is 899 g/mol. The molecule has 5 atom stereocenters. The number of benzene rings is 6. The van der Waals surface area contributed by atoms with E-state index in [4.69, 9.17) is 18.9 Å². The van der Waals surface area contributed by atoms with Gasteiger partial charge in [0, 0.05) is 52.4 Å². The number of hydrogen-bond acceptors (Lipinski definition) is 21. The summed E-state index contributed by atoms with van der Waals surface area (Å²) in [5.74, 6) is -17.5. The highest BCUT2D eigenvalue weighted by molar-refractivity contribution is 5.92. The van der Waals surface area contributed by atoms with Gasteiger partial charge < -0.3 is 95.5 Å². The molecule has 8 rings (SSSR count). The van der Waals surface area contributed by atoms with Gasteiger partial charge in [-0.15, -0.1) is 0 Å². The van der Waals surface area contributed by atoms with Gasteiger partial charge in [0.05, 0.1) is 17.0 Å². The molecule has 6 aromatic carbocycles. The first kappa shape index (κ1) is 42.5. The molecule has 0 aliphatic carbocycles. The van der Waals surface area contributed by atoms with E-state index < -0.39 is 152 Å². The third kappa shape index (κ3) is 7.41. The maximum absolute atomic E-state index is 14.0. The molecule has 0 bridgehead atoms. The first-order valence-corrected chi connectivity index (χ1v) is 18.9. The molecule has 2 aliphatic heterocycles. The Morgan fingerprint density at radius 3 is 1.49 bits per heavy atom. The van der Waals surface area contributed by atoms with Gasteiger partial charge in [0.25, 0.3) is 0 Å². The second kappa shape index (κ2) is 15.6. The first-order valence-electron chi connectivity index (χ1n) is 18.9. The highest BCUT2D eigenvalue weighted by atomic mass is 16.6. The average Bonchev–Trinajstić information content (AvgIpc) is 3.24. The number of phenols is 15. The van der Waals surface area contributed by atoms with Crippen molar-refractivity contribution >= 4 is 11.9 Å². The fourth-order valence-corrected chi connectivity index (χ4v) is 7.80. The van der Waals surface area contributed by atoms with E-state index in [1.807, 2.05) is 0 Å². The van der Waals surface area contributed by atoms with Crippen molar-refractivity contribution in [3.05, 3.63) is 112 Å². The molecule has 15 N–H and O–H groups in total. The van der Waals surface area contributed by atoms with E-state index in [1.54, 1.807) is 0 Å². The lowest BCUT2D eigenvalue weighted by molar-refractivity contribution is -0.0277. The molecule has 336 valence electrons. The standard InChI is InChI=1S/C44H34O21/c45-18-10-22(48)33-31(11-18)63-41(14-1-2-20(46)21(47)3-14)42(65-44(61)17-8-28(54)39(59)29(55)9-17)35(33)34-23(49)13-30-19(36(34)56)12-32(40(62-30)15-4-24(50)37(57)25(51)5-15)64-43(60)16-6-26(52)38(58)27(53)7-16/h1-11,13,32,35,40-42,45-59H,12H2/t32-,35-,40-,41-,42-/m1/s1. The number of fused-ring (bicyclic) bond motifs is 2. The fraction of sp³-hybridized carbons (Fsp3) is 0.136. The predicted molar refractivity (Wildman–Crippen MR) is 214 cm³/mol. The van der Waals surface area contributed by atoms with Crippen LogP contribution in [0.3, 0.4) is 0 Å². The van der Waals surface area contributed by atoms with Crippen LogP contribution in [0.15, 0.2) is 72.8 Å². The Labute approximate surface area is 362 Å². The summed E-state index contributed by atoms with van der Waals surface area (Å²) in [5, 5.41) is 158. The monoisotopic (exact) mass is 898 g/mol. The van der Waals surface area contributed by atoms with Crippen molar-refractivity contribution in [1.82, 2.24) is 0 Å². The SMILES string of the molecule is O=C(O[C@@H]1[C@@H](c2c(O)cc3c(c2O)C[C@@H](OC(=O)c2cc(O)c(O)c(O)c2)[C@@H](c2cc(O)c(O)c(O)c2)O3)c2c(O)cc(O)cc2O[C@@H]1c1ccc(O)c(O)c1)c1cc(O)c(O)c(O)c1. The van der Waals surface area contributed by atoms with Crippen molar-refractivity contribution in [2.24, 2.45) is 0 Å². The van der Waals surface area contributed by atoms with E-state index in [1.165, 1.54) is 6.07 Å². The molecule has 6 aromatic rings. The summed E-state index contributed by atoms with van der Waals surface area (Å²) < 4.78 is 24.0. The molecule has 0 aromatic heterocycles. The van der Waals surface area contributed by atoms with Gasteiger partial charge in [-0.1, -0.05) is 6.07 Å². The molecular formula is C44H34O21. The van der Waals surface area contributed by atoms with E-state index >= 15 is 0 Å². The van der Waals surface area contributed by atoms with Crippen molar-refractivity contribution in [2.75, 3.05) is 0 Å². The fourth-order valence-electron chi connectivity index (χ4n) is 7.80. The van der Waals surface area contributed by atoms with Gasteiger partial charge in [0.15, 0.2) is 81.6 Å². The molecule has 2 aliphatic rings. The summed E-state index contributed by atoms with van der Waals surface area (Å²) >= 11 is 0. The quantitative estimate of drug-likeness (QED) is 0.0764. The van der Waals surface area contributed by atoms with Crippen molar-refractivity contribution < 1.29 is 105 Å². The van der Waals surface area contributed by atoms with Gasteiger partial charge in [-0.25, -0.2) is 9.59 Å². The summed E-state index contributed by atoms with van der Waals surface area (Å²) in [6.45, 7) is 0. The maximum atomic E-state index is 14.0. The minimum atomic E-state index is -1.88. The Balaban J connectivity index is 1.31. The van der Waals surface area contributed by atoms with Crippen LogP contribution in [0.1, 0.15) is 66.7 Å². The molecule has 21 heteroatoms. The van der Waals surface area contributed by atoms with E-state index in [0.717, 1.165) is 66.7 Å². The molecule has 2 heterocycles. The third-order valence-corrected chi connectivity index (χ3v) is 10.8. The number of phenolic OH excluding ortho intramolecular Hbond substituents is 15. The van der Waals surface area contributed by atoms with E-state index in [0.29, 0.717) is 0 Å². The Morgan fingerprint density at radius 1 is 0.446 bits per heavy atom. The minimum absolute atomic E-state index is 0.0465. The normalized spacial score (nSPS) is 18.6. The number of rotatable bonds is 7. The van der Waals surface area contributed by atoms with Gasteiger partial charge in [0.1, 0.15) is 40.6 Å². The highest BCUT2D eigenvalue weighted by Crippen LogP contribution is 2.58. The molecule has 21 nitrogen and oxygen atoms in total. The van der Waals surface area contributed by atoms with Crippen LogP contribution in [0.5, 0.6) is 97.7 Å². The van der Waals surface area contributed by atoms with Crippen LogP contribution in [-0.4, -0.2) is 101 Å². The molecular weight excluding hydrogens is 864 g/mol. The summed E-state index contributed by atoms with van der Waals surface area (Å²) in [5.41, 5.74) is -2.37. The molecule has 0 fully saturated rings. The van der Waals surface area contributed by atoms with Crippen LogP contribution in [0.4, 0.5) is 0 Å². The Hall–Kier alpha value is -9.14. The summed E-state index contributed by atoms with van der Waals surface area (Å²) in [7, 11) is 0. The van der Waals surface area contributed by atoms with E-state index in [9.17, 15) is 86.2 Å². The molecule has 0 spiro atoms. The van der Waals surface area contributed by atoms with Gasteiger partial charge in [-0.05, 0) is 48.5 Å². The number of ether oxygens (including phenoxy) is 4. The maximum Gasteiger partial charge on any atom is 0.338 e. The number of esters is 2. The van der Waals surface area contributed by atoms with Gasteiger partial charge >= 0.3 is 11.9 Å². The lowest BCUT2D eigenvalue weighted by atomic mass is 9.77. The van der Waals surface area contributed by atoms with Crippen LogP contribution in [0.2, 0.25) is 0 Å². The summed E-state index contributed by atoms with van der Waals surface area (Å²) in [4.78, 5) is 27.5. The van der Waals surface area contributed by atoms with E-state index in [2.05, 4.69) is 0 Å². The largest absolute Gasteiger partial charge is 0.508 e. The lowest BCUT2D eigenvalue weighted by Gasteiger charge is -2.41. The van der Waals surface area contributed by atoms with Crippen molar-refractivity contribution in [3.63, 3.8) is 0 Å². The topological polar surface area (TPSA) is 375 Å². The van der Waals surface area contributed by atoms with Gasteiger partial charge in [-0.2, -0.15) is 0 Å². The predicted octanol–water partition coefficient (Wildman–Crippen LogP) is 4.66. The number of aromatic hydroxyl groups is 15. The summed E-state index contributed by atoms with van der Waals surface area (Å²) in [6.07, 6.45) is -7.25. The zero-order valence-corrected chi connectivity index (χ0v) is 32.7. The summed E-state index contributed by atoms with van der Waals surface area (Å²) in [6, 6.07) is 11.0. The van der Waals surface area contributed by atoms with Crippen molar-refractivity contribution in [3.8, 4) is 97.7 Å². The van der Waals surface area contributed by atoms with Crippen molar-refractivity contribution in [2.45, 2.75) is 36.8 Å². The lowest BCUT2D eigenvalue weighted by Crippen LogP contribution is -2.39. The second-order valence-electron chi connectivity index (χ2n) is 15.0. The zero-order valence-electron chi connectivity index (χ0n) is 32.7. The molecule has 0 saturated heterocycles. The van der Waals surface area contributed by atoms with Gasteiger partial charge in [0.2, 0.25) is 0 Å². The third-order valence-electron chi connectivity index (χ3n) is 10.8. The second-order valence-corrected chi connectivity index (χ2v) is 15.0. The minimum Gasteiger partial charge on any atom is -0.508 e. The van der Waals surface area contributed by atoms with E-state index in [-0.39, 0.29) is 33.8 Å². The Morgan fingerprint density at radius 2 is 0.938 bits per heavy atom. The van der Waals surface area contributed by atoms with Crippen LogP contribution < -0.4 is 9.47 Å². The molecule has 0 unspecified atom stereocenters. The van der Waals surface area contributed by atoms with Crippen LogP contribution in [0, 0.1) is 0 Å².